The molecule has 1 aliphatic rings. The summed E-state index contributed by atoms with van der Waals surface area (Å²) in [6.45, 7) is 5.29. The molecule has 1 fully saturated rings. The van der Waals surface area contributed by atoms with E-state index in [4.69, 9.17) is 4.74 Å². The van der Waals surface area contributed by atoms with Gasteiger partial charge in [-0.1, -0.05) is 64.0 Å². The summed E-state index contributed by atoms with van der Waals surface area (Å²) in [6, 6.07) is 12.8. The van der Waals surface area contributed by atoms with Gasteiger partial charge in [-0.15, -0.1) is 0 Å². The Hall–Kier alpha value is -2.27. The molecule has 1 aromatic heterocycles. The molecule has 0 amide bonds. The van der Waals surface area contributed by atoms with Gasteiger partial charge in [-0.2, -0.15) is 0 Å². The van der Waals surface area contributed by atoms with Crippen molar-refractivity contribution in [2.75, 3.05) is 6.61 Å². The van der Waals surface area contributed by atoms with Gasteiger partial charge in [-0.05, 0) is 79.7 Å². The molecule has 0 N–H and O–H groups in total. The van der Waals surface area contributed by atoms with E-state index >= 15 is 0 Å². The first-order chi connectivity index (χ1) is 14.8. The highest BCUT2D eigenvalue weighted by atomic mass is 16.5. The van der Waals surface area contributed by atoms with Crippen molar-refractivity contribution >= 4 is 0 Å². The topological polar surface area (TPSA) is 22.1 Å². The second kappa shape index (κ2) is 12.4. The van der Waals surface area contributed by atoms with Crippen LogP contribution in [0, 0.1) is 17.8 Å². The Morgan fingerprint density at radius 1 is 0.867 bits per heavy atom. The quantitative estimate of drug-likeness (QED) is 0.319. The Bertz CT molecular complexity index is 789. The normalized spacial score (nSPS) is 18.5. The van der Waals surface area contributed by atoms with E-state index in [9.17, 15) is 0 Å². The summed E-state index contributed by atoms with van der Waals surface area (Å²) < 4.78 is 5.75. The van der Waals surface area contributed by atoms with E-state index in [0.29, 0.717) is 0 Å². The van der Waals surface area contributed by atoms with Gasteiger partial charge in [-0.25, -0.2) is 4.98 Å². The molecule has 0 spiro atoms. The highest BCUT2D eigenvalue weighted by Gasteiger charge is 2.21. The molecule has 2 heteroatoms. The molecule has 160 valence electrons. The smallest absolute Gasteiger partial charge is 0.137 e. The maximum atomic E-state index is 5.75. The van der Waals surface area contributed by atoms with Crippen LogP contribution in [0.3, 0.4) is 0 Å². The van der Waals surface area contributed by atoms with Crippen LogP contribution in [0.25, 0.3) is 0 Å². The number of benzene rings is 1. The lowest BCUT2D eigenvalue weighted by Crippen LogP contribution is -2.13. The molecule has 0 atom stereocenters. The molecular weight excluding hydrogens is 366 g/mol. The molecule has 3 rings (SSSR count). The summed E-state index contributed by atoms with van der Waals surface area (Å²) in [5.41, 5.74) is 3.32. The van der Waals surface area contributed by atoms with Crippen molar-refractivity contribution in [1.29, 1.82) is 0 Å². The van der Waals surface area contributed by atoms with E-state index < -0.39 is 0 Å². The molecule has 1 aromatic carbocycles. The van der Waals surface area contributed by atoms with Crippen LogP contribution in [0.1, 0.15) is 101 Å². The van der Waals surface area contributed by atoms with Crippen molar-refractivity contribution in [1.82, 2.24) is 4.98 Å². The van der Waals surface area contributed by atoms with Crippen LogP contribution in [-0.2, 0) is 0 Å². The summed E-state index contributed by atoms with van der Waals surface area (Å²) >= 11 is 0. The summed E-state index contributed by atoms with van der Waals surface area (Å²) in [5, 5.41) is 0. The molecule has 0 bridgehead atoms. The van der Waals surface area contributed by atoms with Crippen molar-refractivity contribution in [2.45, 2.75) is 84.0 Å². The van der Waals surface area contributed by atoms with Crippen molar-refractivity contribution in [2.24, 2.45) is 5.92 Å². The molecule has 2 nitrogen and oxygen atoms in total. The predicted octanol–water partition coefficient (Wildman–Crippen LogP) is 7.51. The summed E-state index contributed by atoms with van der Waals surface area (Å²) in [7, 11) is 0. The van der Waals surface area contributed by atoms with Crippen LogP contribution in [0.15, 0.2) is 42.6 Å². The number of unbranched alkanes of at least 4 members (excludes halogenated alkanes) is 3. The van der Waals surface area contributed by atoms with Crippen LogP contribution in [-0.4, -0.2) is 11.6 Å². The fourth-order valence-corrected chi connectivity index (χ4v) is 4.43. The highest BCUT2D eigenvalue weighted by Crippen LogP contribution is 2.37. The second-order valence-corrected chi connectivity index (χ2v) is 8.67. The Morgan fingerprint density at radius 3 is 2.33 bits per heavy atom. The van der Waals surface area contributed by atoms with Crippen molar-refractivity contribution < 1.29 is 4.74 Å². The largest absolute Gasteiger partial charge is 0.492 e. The zero-order valence-corrected chi connectivity index (χ0v) is 18.8. The first-order valence-electron chi connectivity index (χ1n) is 12.0. The third-order valence-corrected chi connectivity index (χ3v) is 6.26. The molecule has 0 unspecified atom stereocenters. The lowest BCUT2D eigenvalue weighted by Gasteiger charge is -2.28. The standard InChI is InChI=1S/C28H37NO/c1-3-5-6-7-21-30-28-20-19-27(29-22-28)18-13-24-11-16-26(17-12-24)25-14-9-23(8-4-2)10-15-25/h11-12,16-17,19-20,22-23,25H,3-10,14-15,21H2,1-2H3. The number of hydrogen-bond donors (Lipinski definition) is 0. The van der Waals surface area contributed by atoms with Crippen LogP contribution in [0.4, 0.5) is 0 Å². The van der Waals surface area contributed by atoms with Gasteiger partial charge < -0.3 is 4.74 Å². The lowest BCUT2D eigenvalue weighted by molar-refractivity contribution is 0.304. The number of hydrogen-bond acceptors (Lipinski definition) is 2. The van der Waals surface area contributed by atoms with E-state index in [1.165, 1.54) is 63.4 Å². The average molecular weight is 404 g/mol. The summed E-state index contributed by atoms with van der Waals surface area (Å²) in [5.74, 6) is 8.94. The molecule has 1 saturated carbocycles. The molecule has 30 heavy (non-hydrogen) atoms. The number of pyridine rings is 1. The van der Waals surface area contributed by atoms with Gasteiger partial charge in [0.1, 0.15) is 11.4 Å². The first-order valence-corrected chi connectivity index (χ1v) is 12.0. The number of aromatic nitrogens is 1. The maximum absolute atomic E-state index is 5.75. The molecule has 0 saturated heterocycles. The van der Waals surface area contributed by atoms with Crippen molar-refractivity contribution in [3.8, 4) is 17.6 Å². The maximum Gasteiger partial charge on any atom is 0.137 e. The SMILES string of the molecule is CCCCCCOc1ccc(C#Cc2ccc(C3CCC(CCC)CC3)cc2)nc1. The van der Waals surface area contributed by atoms with Crippen molar-refractivity contribution in [3.05, 3.63) is 59.4 Å². The Morgan fingerprint density at radius 2 is 1.67 bits per heavy atom. The van der Waals surface area contributed by atoms with E-state index in [1.807, 2.05) is 12.1 Å². The molecule has 1 heterocycles. The van der Waals surface area contributed by atoms with Gasteiger partial charge in [0, 0.05) is 5.56 Å². The van der Waals surface area contributed by atoms with E-state index in [2.05, 4.69) is 54.9 Å². The minimum Gasteiger partial charge on any atom is -0.492 e. The fourth-order valence-electron chi connectivity index (χ4n) is 4.43. The summed E-state index contributed by atoms with van der Waals surface area (Å²) in [4.78, 5) is 4.42. The zero-order chi connectivity index (χ0) is 21.0. The van der Waals surface area contributed by atoms with Crippen LogP contribution in [0.2, 0.25) is 0 Å². The lowest BCUT2D eigenvalue weighted by atomic mass is 9.77. The Kier molecular flexibility index (Phi) is 9.29. The molecule has 0 radical (unpaired) electrons. The van der Waals surface area contributed by atoms with Crippen LogP contribution < -0.4 is 4.74 Å². The minimum absolute atomic E-state index is 0.733. The minimum atomic E-state index is 0.733. The molecular formula is C28H37NO. The van der Waals surface area contributed by atoms with Gasteiger partial charge in [0.25, 0.3) is 0 Å². The Balaban J connectivity index is 1.48. The molecule has 2 aromatic rings. The predicted molar refractivity (Wildman–Crippen MR) is 126 cm³/mol. The number of rotatable bonds is 9. The van der Waals surface area contributed by atoms with E-state index in [1.54, 1.807) is 6.20 Å². The van der Waals surface area contributed by atoms with Gasteiger partial charge in [0.2, 0.25) is 0 Å². The van der Waals surface area contributed by atoms with Crippen LogP contribution in [0.5, 0.6) is 5.75 Å². The van der Waals surface area contributed by atoms with E-state index in [0.717, 1.165) is 41.9 Å². The van der Waals surface area contributed by atoms with Crippen LogP contribution >= 0.6 is 0 Å². The highest BCUT2D eigenvalue weighted by molar-refractivity contribution is 5.42. The van der Waals surface area contributed by atoms with Gasteiger partial charge in [0.05, 0.1) is 12.8 Å². The second-order valence-electron chi connectivity index (χ2n) is 8.67. The van der Waals surface area contributed by atoms with E-state index in [-0.39, 0.29) is 0 Å². The molecule has 1 aliphatic carbocycles. The van der Waals surface area contributed by atoms with Crippen molar-refractivity contribution in [3.63, 3.8) is 0 Å². The zero-order valence-electron chi connectivity index (χ0n) is 18.8. The molecule has 0 aliphatic heterocycles. The third kappa shape index (κ3) is 7.21. The third-order valence-electron chi connectivity index (χ3n) is 6.26. The van der Waals surface area contributed by atoms with Gasteiger partial charge in [0.15, 0.2) is 0 Å². The van der Waals surface area contributed by atoms with Gasteiger partial charge in [-0.3, -0.25) is 0 Å². The number of ether oxygens (including phenoxy) is 1. The fraction of sp³-hybridized carbons (Fsp3) is 0.536. The number of nitrogens with zero attached hydrogens (tertiary/aromatic N) is 1. The monoisotopic (exact) mass is 403 g/mol. The Labute approximate surface area is 183 Å². The van der Waals surface area contributed by atoms with Gasteiger partial charge >= 0.3 is 0 Å². The average Bonchev–Trinajstić information content (AvgIpc) is 2.79. The summed E-state index contributed by atoms with van der Waals surface area (Å²) in [6.07, 6.45) is 14.8. The first kappa shape index (κ1) is 22.4.